The van der Waals surface area contributed by atoms with E-state index in [0.717, 1.165) is 18.4 Å². The highest BCUT2D eigenvalue weighted by atomic mass is 35.5. The summed E-state index contributed by atoms with van der Waals surface area (Å²) in [6.45, 7) is 2.63. The minimum atomic E-state index is -0.150. The Balaban J connectivity index is 1.58. The molecule has 0 unspecified atom stereocenters. The van der Waals surface area contributed by atoms with E-state index in [9.17, 15) is 9.59 Å². The number of hydrogen-bond donors (Lipinski definition) is 3. The van der Waals surface area contributed by atoms with Crippen LogP contribution in [0.1, 0.15) is 41.7 Å². The summed E-state index contributed by atoms with van der Waals surface area (Å²) in [6, 6.07) is 14.9. The van der Waals surface area contributed by atoms with Gasteiger partial charge in [0.25, 0.3) is 5.91 Å². The van der Waals surface area contributed by atoms with Gasteiger partial charge in [-0.1, -0.05) is 29.8 Å². The predicted octanol–water partition coefficient (Wildman–Crippen LogP) is 3.77. The third-order valence-corrected chi connectivity index (χ3v) is 4.80. The second-order valence-corrected chi connectivity index (χ2v) is 7.17. The molecule has 0 saturated heterocycles. The van der Waals surface area contributed by atoms with Crippen LogP contribution in [-0.4, -0.2) is 24.9 Å². The fraction of sp³-hybridized carbons (Fsp3) is 0.333. The molecule has 142 valence electrons. The average molecular weight is 386 g/mol. The molecule has 0 radical (unpaired) electrons. The van der Waals surface area contributed by atoms with Crippen molar-refractivity contribution in [2.24, 2.45) is 5.92 Å². The van der Waals surface area contributed by atoms with Crippen LogP contribution < -0.4 is 16.0 Å². The highest BCUT2D eigenvalue weighted by Crippen LogP contribution is 2.41. The first-order valence-corrected chi connectivity index (χ1v) is 9.61. The molecule has 0 spiro atoms. The molecule has 1 fully saturated rings. The highest BCUT2D eigenvalue weighted by molar-refractivity contribution is 6.30. The van der Waals surface area contributed by atoms with Crippen LogP contribution in [-0.2, 0) is 4.79 Å². The van der Waals surface area contributed by atoms with E-state index in [2.05, 4.69) is 16.0 Å². The van der Waals surface area contributed by atoms with E-state index in [1.807, 2.05) is 31.2 Å². The summed E-state index contributed by atoms with van der Waals surface area (Å²) in [5, 5.41) is 9.67. The second kappa shape index (κ2) is 9.02. The molecule has 5 nitrogen and oxygen atoms in total. The first-order chi connectivity index (χ1) is 13.1. The van der Waals surface area contributed by atoms with Gasteiger partial charge < -0.3 is 16.0 Å². The number of carbonyl (C=O) groups is 2. The van der Waals surface area contributed by atoms with Crippen LogP contribution in [0.25, 0.3) is 0 Å². The fourth-order valence-electron chi connectivity index (χ4n) is 3.07. The summed E-state index contributed by atoms with van der Waals surface area (Å²) in [5.41, 5.74) is 2.28. The van der Waals surface area contributed by atoms with Crippen molar-refractivity contribution in [2.45, 2.75) is 25.8 Å². The number of halogens is 1. The molecular weight excluding hydrogens is 362 g/mol. The first kappa shape index (κ1) is 19.4. The molecule has 0 bridgehead atoms. The average Bonchev–Trinajstić information content (AvgIpc) is 3.49. The normalized spacial score (nSPS) is 14.4. The van der Waals surface area contributed by atoms with E-state index in [4.69, 9.17) is 11.6 Å². The van der Waals surface area contributed by atoms with Crippen LogP contribution in [0.15, 0.2) is 48.5 Å². The minimum Gasteiger partial charge on any atom is -0.352 e. The topological polar surface area (TPSA) is 70.2 Å². The Morgan fingerprint density at radius 1 is 1.15 bits per heavy atom. The molecule has 27 heavy (non-hydrogen) atoms. The minimum absolute atomic E-state index is 0.136. The maximum atomic E-state index is 12.4. The SMILES string of the molecule is CCNC(=O)c1cccc(NC(=O)CN[C@@H](c2ccc(Cl)cc2)C2CC2)c1. The fourth-order valence-corrected chi connectivity index (χ4v) is 3.19. The van der Waals surface area contributed by atoms with Crippen molar-refractivity contribution in [1.29, 1.82) is 0 Å². The van der Waals surface area contributed by atoms with Gasteiger partial charge in [-0.25, -0.2) is 0 Å². The Hall–Kier alpha value is -2.37. The van der Waals surface area contributed by atoms with Crippen molar-refractivity contribution in [3.05, 3.63) is 64.7 Å². The molecule has 1 atom stereocenters. The van der Waals surface area contributed by atoms with Gasteiger partial charge in [-0.3, -0.25) is 9.59 Å². The van der Waals surface area contributed by atoms with Crippen molar-refractivity contribution >= 4 is 29.1 Å². The molecular formula is C21H24ClN3O2. The monoisotopic (exact) mass is 385 g/mol. The van der Waals surface area contributed by atoms with Crippen LogP contribution in [0.2, 0.25) is 5.02 Å². The van der Waals surface area contributed by atoms with Crippen molar-refractivity contribution < 1.29 is 9.59 Å². The summed E-state index contributed by atoms with van der Waals surface area (Å²) in [7, 11) is 0. The number of carbonyl (C=O) groups excluding carboxylic acids is 2. The van der Waals surface area contributed by atoms with Gasteiger partial charge in [0.1, 0.15) is 0 Å². The zero-order chi connectivity index (χ0) is 19.2. The number of nitrogens with one attached hydrogen (secondary N) is 3. The molecule has 6 heteroatoms. The zero-order valence-corrected chi connectivity index (χ0v) is 16.1. The molecule has 0 aliphatic heterocycles. The largest absolute Gasteiger partial charge is 0.352 e. The molecule has 0 aromatic heterocycles. The summed E-state index contributed by atoms with van der Waals surface area (Å²) in [6.07, 6.45) is 2.33. The number of anilines is 1. The molecule has 0 heterocycles. The lowest BCUT2D eigenvalue weighted by Gasteiger charge is -2.19. The Kier molecular flexibility index (Phi) is 6.48. The van der Waals surface area contributed by atoms with Gasteiger partial charge >= 0.3 is 0 Å². The predicted molar refractivity (Wildman–Crippen MR) is 108 cm³/mol. The van der Waals surface area contributed by atoms with Crippen LogP contribution in [0.4, 0.5) is 5.69 Å². The van der Waals surface area contributed by atoms with Crippen molar-refractivity contribution in [2.75, 3.05) is 18.4 Å². The number of hydrogen-bond acceptors (Lipinski definition) is 3. The van der Waals surface area contributed by atoms with Gasteiger partial charge in [-0.05, 0) is 61.6 Å². The Morgan fingerprint density at radius 3 is 2.56 bits per heavy atom. The Labute approximate surface area is 164 Å². The van der Waals surface area contributed by atoms with Gasteiger partial charge in [0, 0.05) is 28.9 Å². The van der Waals surface area contributed by atoms with E-state index < -0.39 is 0 Å². The van der Waals surface area contributed by atoms with Gasteiger partial charge in [-0.2, -0.15) is 0 Å². The maximum Gasteiger partial charge on any atom is 0.251 e. The van der Waals surface area contributed by atoms with E-state index in [-0.39, 0.29) is 24.4 Å². The van der Waals surface area contributed by atoms with Crippen molar-refractivity contribution in [3.8, 4) is 0 Å². The number of amides is 2. The molecule has 3 rings (SSSR count). The number of rotatable bonds is 8. The first-order valence-electron chi connectivity index (χ1n) is 9.23. The summed E-state index contributed by atoms with van der Waals surface area (Å²) in [4.78, 5) is 24.3. The van der Waals surface area contributed by atoms with Gasteiger partial charge in [0.05, 0.1) is 6.54 Å². The third kappa shape index (κ3) is 5.55. The molecule has 1 aliphatic carbocycles. The standard InChI is InChI=1S/C21H24ClN3O2/c1-2-23-21(27)16-4-3-5-18(12-16)25-19(26)13-24-20(14-6-7-14)15-8-10-17(22)11-9-15/h3-5,8-12,14,20,24H,2,6-7,13H2,1H3,(H,23,27)(H,25,26)/t20-/m1/s1. The van der Waals surface area contributed by atoms with E-state index in [0.29, 0.717) is 28.7 Å². The molecule has 1 aliphatic rings. The maximum absolute atomic E-state index is 12.4. The molecule has 2 aromatic rings. The third-order valence-electron chi connectivity index (χ3n) is 4.55. The molecule has 3 N–H and O–H groups in total. The van der Waals surface area contributed by atoms with Crippen LogP contribution in [0.3, 0.4) is 0 Å². The molecule has 1 saturated carbocycles. The summed E-state index contributed by atoms with van der Waals surface area (Å²) >= 11 is 5.97. The van der Waals surface area contributed by atoms with E-state index >= 15 is 0 Å². The van der Waals surface area contributed by atoms with Gasteiger partial charge in [0.15, 0.2) is 0 Å². The van der Waals surface area contributed by atoms with E-state index in [1.54, 1.807) is 24.3 Å². The smallest absolute Gasteiger partial charge is 0.251 e. The van der Waals surface area contributed by atoms with Gasteiger partial charge in [0.2, 0.25) is 5.91 Å². The van der Waals surface area contributed by atoms with Crippen molar-refractivity contribution in [1.82, 2.24) is 10.6 Å². The summed E-state index contributed by atoms with van der Waals surface area (Å²) < 4.78 is 0. The quantitative estimate of drug-likeness (QED) is 0.647. The second-order valence-electron chi connectivity index (χ2n) is 6.74. The van der Waals surface area contributed by atoms with Crippen LogP contribution in [0, 0.1) is 5.92 Å². The lowest BCUT2D eigenvalue weighted by atomic mass is 10.0. The molecule has 2 aromatic carbocycles. The number of benzene rings is 2. The highest BCUT2D eigenvalue weighted by Gasteiger charge is 2.32. The van der Waals surface area contributed by atoms with Crippen LogP contribution >= 0.6 is 11.6 Å². The lowest BCUT2D eigenvalue weighted by Crippen LogP contribution is -2.32. The van der Waals surface area contributed by atoms with Crippen molar-refractivity contribution in [3.63, 3.8) is 0 Å². The zero-order valence-electron chi connectivity index (χ0n) is 15.3. The Morgan fingerprint density at radius 2 is 1.89 bits per heavy atom. The lowest BCUT2D eigenvalue weighted by molar-refractivity contribution is -0.115. The Bertz CT molecular complexity index is 803. The van der Waals surface area contributed by atoms with Crippen LogP contribution in [0.5, 0.6) is 0 Å². The summed E-state index contributed by atoms with van der Waals surface area (Å²) in [5.74, 6) is 0.269. The van der Waals surface area contributed by atoms with Gasteiger partial charge in [-0.15, -0.1) is 0 Å². The molecule has 2 amide bonds. The van der Waals surface area contributed by atoms with E-state index in [1.165, 1.54) is 0 Å².